The molecule has 0 fully saturated rings. The van der Waals surface area contributed by atoms with Crippen LogP contribution >= 0.6 is 0 Å². The summed E-state index contributed by atoms with van der Waals surface area (Å²) in [5, 5.41) is 0. The average Bonchev–Trinajstić information content (AvgIpc) is 2.97. The molecule has 0 aromatic heterocycles. The molecule has 1 aromatic carbocycles. The molecular weight excluding hydrogens is 320 g/mol. The number of hydroxylamine groups is 1. The van der Waals surface area contributed by atoms with Crippen LogP contribution in [0, 0.1) is 0 Å². The third-order valence-corrected chi connectivity index (χ3v) is 5.07. The highest BCUT2D eigenvalue weighted by atomic mass is 16.7. The molecule has 0 radical (unpaired) electrons. The van der Waals surface area contributed by atoms with E-state index in [2.05, 4.69) is 18.5 Å². The molecule has 0 aliphatic carbocycles. The van der Waals surface area contributed by atoms with Gasteiger partial charge in [0.15, 0.2) is 0 Å². The SMILES string of the molecule is CCC1c2c(cc(OC)cc2OC)CCN1C(=O)C1=C(C)ONC1C. The molecule has 3 rings (SSSR count). The van der Waals surface area contributed by atoms with Gasteiger partial charge in [-0.2, -0.15) is 0 Å². The number of allylic oxidation sites excluding steroid dienone is 1. The molecule has 0 bridgehead atoms. The Bertz CT molecular complexity index is 696. The van der Waals surface area contributed by atoms with Crippen LogP contribution in [0.4, 0.5) is 0 Å². The molecule has 1 N–H and O–H groups in total. The second-order valence-electron chi connectivity index (χ2n) is 6.49. The molecule has 0 saturated heterocycles. The molecule has 0 spiro atoms. The van der Waals surface area contributed by atoms with Crippen LogP contribution in [0.25, 0.3) is 0 Å². The van der Waals surface area contributed by atoms with Gasteiger partial charge in [-0.15, -0.1) is 5.48 Å². The maximum atomic E-state index is 13.2. The summed E-state index contributed by atoms with van der Waals surface area (Å²) in [4.78, 5) is 20.5. The zero-order valence-electron chi connectivity index (χ0n) is 15.5. The Hall–Kier alpha value is -2.21. The minimum absolute atomic E-state index is 0.0230. The average molecular weight is 346 g/mol. The summed E-state index contributed by atoms with van der Waals surface area (Å²) in [5.41, 5.74) is 5.84. The summed E-state index contributed by atoms with van der Waals surface area (Å²) in [7, 11) is 3.31. The van der Waals surface area contributed by atoms with Gasteiger partial charge in [-0.25, -0.2) is 0 Å². The van der Waals surface area contributed by atoms with Crippen molar-refractivity contribution in [2.45, 2.75) is 45.7 Å². The van der Waals surface area contributed by atoms with Gasteiger partial charge in [0.1, 0.15) is 17.3 Å². The zero-order valence-corrected chi connectivity index (χ0v) is 15.5. The summed E-state index contributed by atoms with van der Waals surface area (Å²) in [6.45, 7) is 6.53. The monoisotopic (exact) mass is 346 g/mol. The van der Waals surface area contributed by atoms with Crippen molar-refractivity contribution in [1.82, 2.24) is 10.4 Å². The first-order valence-electron chi connectivity index (χ1n) is 8.70. The predicted octanol–water partition coefficient (Wildman–Crippen LogP) is 2.74. The van der Waals surface area contributed by atoms with Crippen LogP contribution in [0.2, 0.25) is 0 Å². The van der Waals surface area contributed by atoms with E-state index in [1.54, 1.807) is 14.2 Å². The molecule has 2 unspecified atom stereocenters. The number of fused-ring (bicyclic) bond motifs is 1. The van der Waals surface area contributed by atoms with Crippen LogP contribution in [0.5, 0.6) is 11.5 Å². The van der Waals surface area contributed by atoms with E-state index in [-0.39, 0.29) is 18.0 Å². The Labute approximate surface area is 148 Å². The van der Waals surface area contributed by atoms with Gasteiger partial charge in [-0.3, -0.25) is 4.79 Å². The van der Waals surface area contributed by atoms with Crippen molar-refractivity contribution in [3.63, 3.8) is 0 Å². The van der Waals surface area contributed by atoms with Crippen molar-refractivity contribution in [3.8, 4) is 11.5 Å². The Kier molecular flexibility index (Phi) is 4.90. The van der Waals surface area contributed by atoms with Gasteiger partial charge in [0, 0.05) is 18.2 Å². The number of amides is 1. The van der Waals surface area contributed by atoms with E-state index in [4.69, 9.17) is 14.3 Å². The molecule has 6 nitrogen and oxygen atoms in total. The van der Waals surface area contributed by atoms with Gasteiger partial charge in [0.05, 0.1) is 31.9 Å². The normalized spacial score (nSPS) is 22.5. The predicted molar refractivity (Wildman–Crippen MR) is 94.4 cm³/mol. The van der Waals surface area contributed by atoms with Crippen LogP contribution in [-0.2, 0) is 16.1 Å². The van der Waals surface area contributed by atoms with Crippen LogP contribution in [-0.4, -0.2) is 37.6 Å². The lowest BCUT2D eigenvalue weighted by molar-refractivity contribution is -0.130. The minimum Gasteiger partial charge on any atom is -0.497 e. The standard InChI is InChI=1S/C19H26N2O4/c1-6-15-18-13(9-14(23-4)10-16(18)24-5)7-8-21(15)19(22)17-11(2)20-25-12(17)3/h9-11,15,20H,6-8H2,1-5H3. The third-order valence-electron chi connectivity index (χ3n) is 5.07. The first-order chi connectivity index (χ1) is 12.0. The van der Waals surface area contributed by atoms with Gasteiger partial charge in [0.2, 0.25) is 0 Å². The second kappa shape index (κ2) is 6.96. The number of hydrogen-bond donors (Lipinski definition) is 1. The van der Waals surface area contributed by atoms with E-state index in [0.717, 1.165) is 29.9 Å². The van der Waals surface area contributed by atoms with Gasteiger partial charge in [-0.1, -0.05) is 6.92 Å². The maximum absolute atomic E-state index is 13.2. The lowest BCUT2D eigenvalue weighted by Gasteiger charge is -2.38. The second-order valence-corrected chi connectivity index (χ2v) is 6.49. The fraction of sp³-hybridized carbons (Fsp3) is 0.526. The van der Waals surface area contributed by atoms with Crippen molar-refractivity contribution >= 4 is 5.91 Å². The van der Waals surface area contributed by atoms with E-state index in [1.165, 1.54) is 5.56 Å². The maximum Gasteiger partial charge on any atom is 0.255 e. The van der Waals surface area contributed by atoms with Crippen LogP contribution in [0.15, 0.2) is 23.5 Å². The molecule has 2 aliphatic rings. The van der Waals surface area contributed by atoms with E-state index in [0.29, 0.717) is 17.9 Å². The van der Waals surface area contributed by atoms with E-state index >= 15 is 0 Å². The molecule has 136 valence electrons. The number of hydrogen-bond acceptors (Lipinski definition) is 5. The molecule has 1 amide bonds. The summed E-state index contributed by atoms with van der Waals surface area (Å²) in [6, 6.07) is 3.81. The summed E-state index contributed by atoms with van der Waals surface area (Å²) in [6.07, 6.45) is 1.59. The first kappa shape index (κ1) is 17.6. The Morgan fingerprint density at radius 2 is 2.12 bits per heavy atom. The van der Waals surface area contributed by atoms with E-state index < -0.39 is 0 Å². The Morgan fingerprint density at radius 1 is 1.36 bits per heavy atom. The quantitative estimate of drug-likeness (QED) is 0.908. The smallest absolute Gasteiger partial charge is 0.255 e. The third kappa shape index (κ3) is 2.95. The molecule has 2 heterocycles. The lowest BCUT2D eigenvalue weighted by Crippen LogP contribution is -2.42. The van der Waals surface area contributed by atoms with Gasteiger partial charge in [0.25, 0.3) is 5.91 Å². The van der Waals surface area contributed by atoms with Crippen molar-refractivity contribution < 1.29 is 19.1 Å². The number of carbonyl (C=O) groups is 1. The fourth-order valence-corrected chi connectivity index (χ4v) is 3.83. The Balaban J connectivity index is 2.01. The van der Waals surface area contributed by atoms with Crippen molar-refractivity contribution in [1.29, 1.82) is 0 Å². The van der Waals surface area contributed by atoms with Gasteiger partial charge >= 0.3 is 0 Å². The number of benzene rings is 1. The van der Waals surface area contributed by atoms with Crippen molar-refractivity contribution in [2.24, 2.45) is 0 Å². The van der Waals surface area contributed by atoms with E-state index in [9.17, 15) is 4.79 Å². The highest BCUT2D eigenvalue weighted by Crippen LogP contribution is 2.41. The topological polar surface area (TPSA) is 60.0 Å². The highest BCUT2D eigenvalue weighted by molar-refractivity contribution is 5.96. The number of nitrogens with one attached hydrogen (secondary N) is 1. The van der Waals surface area contributed by atoms with E-state index in [1.807, 2.05) is 24.8 Å². The summed E-state index contributed by atoms with van der Waals surface area (Å²) < 4.78 is 11.0. The van der Waals surface area contributed by atoms with Gasteiger partial charge < -0.3 is 19.2 Å². The zero-order chi connectivity index (χ0) is 18.1. The lowest BCUT2D eigenvalue weighted by atomic mass is 9.89. The first-order valence-corrected chi connectivity index (χ1v) is 8.70. The number of nitrogens with zero attached hydrogens (tertiary/aromatic N) is 1. The minimum atomic E-state index is -0.107. The number of carbonyl (C=O) groups excluding carboxylic acids is 1. The summed E-state index contributed by atoms with van der Waals surface area (Å²) in [5.74, 6) is 2.24. The van der Waals surface area contributed by atoms with Crippen molar-refractivity contribution in [3.05, 3.63) is 34.6 Å². The summed E-state index contributed by atoms with van der Waals surface area (Å²) >= 11 is 0. The number of rotatable bonds is 4. The molecule has 2 atom stereocenters. The van der Waals surface area contributed by atoms with Gasteiger partial charge in [-0.05, 0) is 38.3 Å². The molecule has 1 aromatic rings. The molecular formula is C19H26N2O4. The molecule has 0 saturated carbocycles. The van der Waals surface area contributed by atoms with Crippen molar-refractivity contribution in [2.75, 3.05) is 20.8 Å². The largest absolute Gasteiger partial charge is 0.497 e. The van der Waals surface area contributed by atoms with Crippen LogP contribution in [0.1, 0.15) is 44.4 Å². The fourth-order valence-electron chi connectivity index (χ4n) is 3.83. The molecule has 25 heavy (non-hydrogen) atoms. The van der Waals surface area contributed by atoms with Crippen LogP contribution in [0.3, 0.4) is 0 Å². The number of methoxy groups -OCH3 is 2. The Morgan fingerprint density at radius 3 is 2.68 bits per heavy atom. The van der Waals surface area contributed by atoms with Crippen LogP contribution < -0.4 is 15.0 Å². The molecule has 2 aliphatic heterocycles. The highest BCUT2D eigenvalue weighted by Gasteiger charge is 2.37. The molecule has 6 heteroatoms. The number of ether oxygens (including phenoxy) is 2.